The van der Waals surface area contributed by atoms with Crippen LogP contribution < -0.4 is 0 Å². The van der Waals surface area contributed by atoms with Crippen LogP contribution in [0.4, 0.5) is 0 Å². The van der Waals surface area contributed by atoms with E-state index < -0.39 is 0 Å². The lowest BCUT2D eigenvalue weighted by molar-refractivity contribution is -0.112. The van der Waals surface area contributed by atoms with Gasteiger partial charge in [-0.1, -0.05) is 20.4 Å². The molecule has 118 valence electrons. The zero-order chi connectivity index (χ0) is 16.8. The second-order valence-electron chi connectivity index (χ2n) is 4.04. The van der Waals surface area contributed by atoms with Crippen molar-refractivity contribution in [1.82, 2.24) is 19.6 Å². The molecule has 2 aromatic heterocycles. The largest absolute Gasteiger partial charge is 0.295 e. The Kier molecular flexibility index (Phi) is 12.9. The van der Waals surface area contributed by atoms with Gasteiger partial charge < -0.3 is 0 Å². The van der Waals surface area contributed by atoms with Gasteiger partial charge in [0.25, 0.3) is 0 Å². The van der Waals surface area contributed by atoms with E-state index in [-0.39, 0.29) is 5.78 Å². The third-order valence-electron chi connectivity index (χ3n) is 2.20. The van der Waals surface area contributed by atoms with Crippen LogP contribution in [0.15, 0.2) is 37.2 Å². The fourth-order valence-corrected chi connectivity index (χ4v) is 0.971. The van der Waals surface area contributed by atoms with E-state index in [9.17, 15) is 4.79 Å². The molecular weight excluding hydrogens is 264 g/mol. The van der Waals surface area contributed by atoms with E-state index in [0.717, 1.165) is 5.69 Å². The average molecular weight is 292 g/mol. The van der Waals surface area contributed by atoms with E-state index in [1.807, 2.05) is 64.8 Å². The number of ketones is 1. The van der Waals surface area contributed by atoms with Gasteiger partial charge >= 0.3 is 0 Å². The smallest absolute Gasteiger partial charge is 0.152 e. The number of allylic oxidation sites excluding steroid dienone is 1. The summed E-state index contributed by atoms with van der Waals surface area (Å²) in [6.45, 7) is 12.7. The first kappa shape index (κ1) is 21.1. The lowest BCUT2D eigenvalue weighted by Crippen LogP contribution is -1.90. The second kappa shape index (κ2) is 12.8. The summed E-state index contributed by atoms with van der Waals surface area (Å²) in [4.78, 5) is 9.69. The molecule has 0 fully saturated rings. The fraction of sp³-hybridized carbons (Fsp3) is 0.438. The van der Waals surface area contributed by atoms with E-state index in [0.29, 0.717) is 0 Å². The zero-order valence-electron chi connectivity index (χ0n) is 14.3. The lowest BCUT2D eigenvalue weighted by atomic mass is 10.5. The monoisotopic (exact) mass is 292 g/mol. The molecule has 2 heterocycles. The van der Waals surface area contributed by atoms with Crippen molar-refractivity contribution >= 4 is 5.78 Å². The van der Waals surface area contributed by atoms with Gasteiger partial charge in [0.1, 0.15) is 0 Å². The molecule has 2 aromatic rings. The molecule has 2 rings (SSSR count). The van der Waals surface area contributed by atoms with Gasteiger partial charge in [-0.15, -0.1) is 0 Å². The first-order valence-electron chi connectivity index (χ1n) is 6.90. The number of carbonyl (C=O) groups excluding carboxylic acids is 1. The molecule has 0 radical (unpaired) electrons. The third kappa shape index (κ3) is 12.6. The molecule has 0 atom stereocenters. The minimum Gasteiger partial charge on any atom is -0.295 e. The van der Waals surface area contributed by atoms with Gasteiger partial charge in [-0.05, 0) is 39.0 Å². The number of hydrogen-bond acceptors (Lipinski definition) is 3. The van der Waals surface area contributed by atoms with Gasteiger partial charge in [-0.2, -0.15) is 10.2 Å². The highest BCUT2D eigenvalue weighted by Crippen LogP contribution is 1.89. The maximum atomic E-state index is 9.69. The molecule has 0 amide bonds. The van der Waals surface area contributed by atoms with Gasteiger partial charge in [-0.25, -0.2) is 0 Å². The number of nitrogens with zero attached hydrogens (tertiary/aromatic N) is 4. The molecule has 0 N–H and O–H groups in total. The van der Waals surface area contributed by atoms with E-state index >= 15 is 0 Å². The van der Waals surface area contributed by atoms with Crippen LogP contribution in [0.2, 0.25) is 0 Å². The quantitative estimate of drug-likeness (QED) is 0.758. The van der Waals surface area contributed by atoms with Crippen molar-refractivity contribution in [2.24, 2.45) is 14.1 Å². The van der Waals surface area contributed by atoms with Crippen LogP contribution in [-0.2, 0) is 18.9 Å². The van der Waals surface area contributed by atoms with Gasteiger partial charge in [-0.3, -0.25) is 14.2 Å². The van der Waals surface area contributed by atoms with Crippen molar-refractivity contribution in [3.8, 4) is 0 Å². The summed E-state index contributed by atoms with van der Waals surface area (Å²) in [5.74, 6) is 0.0185. The van der Waals surface area contributed by atoms with Crippen LogP contribution >= 0.6 is 0 Å². The van der Waals surface area contributed by atoms with Crippen LogP contribution in [0, 0.1) is 13.8 Å². The Morgan fingerprint density at radius 1 is 1.24 bits per heavy atom. The Morgan fingerprint density at radius 3 is 1.86 bits per heavy atom. The summed E-state index contributed by atoms with van der Waals surface area (Å²) >= 11 is 0. The fourth-order valence-electron chi connectivity index (χ4n) is 0.971. The molecule has 5 nitrogen and oxygen atoms in total. The molecule has 0 aromatic carbocycles. The molecule has 0 spiro atoms. The van der Waals surface area contributed by atoms with Crippen LogP contribution in [0.25, 0.3) is 0 Å². The highest BCUT2D eigenvalue weighted by atomic mass is 16.1. The number of hydrogen-bond donors (Lipinski definition) is 0. The average Bonchev–Trinajstić information content (AvgIpc) is 3.02. The zero-order valence-corrected chi connectivity index (χ0v) is 14.3. The highest BCUT2D eigenvalue weighted by molar-refractivity contribution is 5.86. The Balaban J connectivity index is 0. The molecule has 0 aliphatic carbocycles. The summed E-state index contributed by atoms with van der Waals surface area (Å²) < 4.78 is 3.62. The van der Waals surface area contributed by atoms with E-state index in [1.165, 1.54) is 18.7 Å². The normalized spacial score (nSPS) is 8.14. The molecule has 0 aliphatic heterocycles. The second-order valence-corrected chi connectivity index (χ2v) is 4.04. The summed E-state index contributed by atoms with van der Waals surface area (Å²) in [6, 6.07) is 3.94. The van der Waals surface area contributed by atoms with Crippen LogP contribution in [0.1, 0.15) is 32.2 Å². The molecule has 0 unspecified atom stereocenters. The molecule has 0 bridgehead atoms. The maximum absolute atomic E-state index is 9.69. The Bertz CT molecular complexity index is 479. The number of carbonyl (C=O) groups is 1. The van der Waals surface area contributed by atoms with Gasteiger partial charge in [0.2, 0.25) is 0 Å². The Morgan fingerprint density at radius 2 is 1.76 bits per heavy atom. The number of aryl methyl sites for hydroxylation is 4. The summed E-state index contributed by atoms with van der Waals surface area (Å²) in [6.07, 6.45) is 4.99. The maximum Gasteiger partial charge on any atom is 0.152 e. The van der Waals surface area contributed by atoms with Crippen molar-refractivity contribution < 1.29 is 4.79 Å². The molecule has 0 saturated carbocycles. The molecule has 5 heteroatoms. The first-order chi connectivity index (χ1) is 9.86. The topological polar surface area (TPSA) is 52.7 Å². The van der Waals surface area contributed by atoms with Gasteiger partial charge in [0.15, 0.2) is 5.78 Å². The SMILES string of the molecule is C=CC(C)=O.CC.Cc1ccn(C)n1.Cc1ccnn1C. The molecule has 0 saturated heterocycles. The summed E-state index contributed by atoms with van der Waals surface area (Å²) in [7, 11) is 3.84. The van der Waals surface area contributed by atoms with Crippen molar-refractivity contribution in [3.05, 3.63) is 48.6 Å². The van der Waals surface area contributed by atoms with Crippen LogP contribution in [0.5, 0.6) is 0 Å². The molecule has 21 heavy (non-hydrogen) atoms. The minimum atomic E-state index is 0.0185. The standard InChI is InChI=1S/2C5H8N2.C4H6O.C2H6/c1-5-3-4-7(2)6-5;1-5-3-4-6-7(5)2;1-3-4(2)5;1-2/h2*3-4H,1-2H3;3H,1H2,2H3;1-2H3. The van der Waals surface area contributed by atoms with Gasteiger partial charge in [0, 0.05) is 32.2 Å². The van der Waals surface area contributed by atoms with Crippen LogP contribution in [0.3, 0.4) is 0 Å². The molecule has 0 aliphatic rings. The van der Waals surface area contributed by atoms with Crippen LogP contribution in [-0.4, -0.2) is 25.3 Å². The van der Waals surface area contributed by atoms with E-state index in [1.54, 1.807) is 10.9 Å². The number of aromatic nitrogens is 4. The number of rotatable bonds is 1. The van der Waals surface area contributed by atoms with E-state index in [2.05, 4.69) is 16.8 Å². The highest BCUT2D eigenvalue weighted by Gasteiger charge is 1.83. The Hall–Kier alpha value is -2.17. The lowest BCUT2D eigenvalue weighted by Gasteiger charge is -1.87. The van der Waals surface area contributed by atoms with E-state index in [4.69, 9.17) is 0 Å². The third-order valence-corrected chi connectivity index (χ3v) is 2.20. The summed E-state index contributed by atoms with van der Waals surface area (Å²) in [5, 5.41) is 7.96. The van der Waals surface area contributed by atoms with Crippen molar-refractivity contribution in [3.63, 3.8) is 0 Å². The predicted octanol–water partition coefficient (Wildman–Crippen LogP) is 3.24. The van der Waals surface area contributed by atoms with Crippen molar-refractivity contribution in [2.75, 3.05) is 0 Å². The minimum absolute atomic E-state index is 0.0185. The molecular formula is C16H28N4O. The first-order valence-corrected chi connectivity index (χ1v) is 6.90. The van der Waals surface area contributed by atoms with Crippen molar-refractivity contribution in [2.45, 2.75) is 34.6 Å². The van der Waals surface area contributed by atoms with Crippen molar-refractivity contribution in [1.29, 1.82) is 0 Å². The Labute approximate surface area is 128 Å². The van der Waals surface area contributed by atoms with Gasteiger partial charge in [0.05, 0.1) is 5.69 Å². The predicted molar refractivity (Wildman–Crippen MR) is 88.1 cm³/mol. The summed E-state index contributed by atoms with van der Waals surface area (Å²) in [5.41, 5.74) is 2.27.